The minimum absolute atomic E-state index is 0.174. The van der Waals surface area contributed by atoms with E-state index in [0.29, 0.717) is 0 Å². The lowest BCUT2D eigenvalue weighted by Crippen LogP contribution is -2.37. The molecule has 0 aromatic carbocycles. The summed E-state index contributed by atoms with van der Waals surface area (Å²) < 4.78 is 1.73. The van der Waals surface area contributed by atoms with Crippen LogP contribution in [0.1, 0.15) is 31.4 Å². The number of nitrogens with zero attached hydrogens (tertiary/aromatic N) is 2. The number of hydrogen-bond donors (Lipinski definition) is 1. The zero-order valence-electron chi connectivity index (χ0n) is 8.23. The van der Waals surface area contributed by atoms with E-state index in [0.717, 1.165) is 25.0 Å². The van der Waals surface area contributed by atoms with Gasteiger partial charge in [-0.2, -0.15) is 5.10 Å². The molecule has 0 spiro atoms. The van der Waals surface area contributed by atoms with Gasteiger partial charge in [-0.25, -0.2) is 0 Å². The third-order valence-corrected chi connectivity index (χ3v) is 3.06. The number of rotatable bonds is 3. The van der Waals surface area contributed by atoms with Gasteiger partial charge < -0.3 is 5.11 Å². The maximum Gasteiger partial charge on any atom is 0.304 e. The van der Waals surface area contributed by atoms with Gasteiger partial charge in [0.1, 0.15) is 0 Å². The lowest BCUT2D eigenvalue weighted by Gasteiger charge is -2.39. The second kappa shape index (κ2) is 3.12. The van der Waals surface area contributed by atoms with Gasteiger partial charge in [0.15, 0.2) is 0 Å². The molecule has 0 aliphatic heterocycles. The molecule has 76 valence electrons. The molecule has 1 saturated carbocycles. The fourth-order valence-electron chi connectivity index (χ4n) is 2.11. The van der Waals surface area contributed by atoms with Crippen molar-refractivity contribution in [3.05, 3.63) is 18.0 Å². The Balaban J connectivity index is 2.24. The maximum absolute atomic E-state index is 10.8. The fourth-order valence-corrected chi connectivity index (χ4v) is 2.11. The number of aromatic nitrogens is 2. The summed E-state index contributed by atoms with van der Waals surface area (Å²) in [5.41, 5.74) is 0.765. The Morgan fingerprint density at radius 1 is 1.71 bits per heavy atom. The standard InChI is InChI=1S/C10H14N2O2/c1-12-6-3-8(11-12)10(4-2-5-10)7-9(13)14/h3,6H,2,4-5,7H2,1H3,(H,13,14). The topological polar surface area (TPSA) is 55.1 Å². The van der Waals surface area contributed by atoms with Crippen LogP contribution in [0.25, 0.3) is 0 Å². The molecule has 0 atom stereocenters. The smallest absolute Gasteiger partial charge is 0.304 e. The molecular formula is C10H14N2O2. The molecule has 4 nitrogen and oxygen atoms in total. The Morgan fingerprint density at radius 2 is 2.43 bits per heavy atom. The van der Waals surface area contributed by atoms with E-state index in [4.69, 9.17) is 5.11 Å². The van der Waals surface area contributed by atoms with E-state index in [1.807, 2.05) is 19.3 Å². The number of hydrogen-bond acceptors (Lipinski definition) is 2. The van der Waals surface area contributed by atoms with E-state index in [-0.39, 0.29) is 11.8 Å². The van der Waals surface area contributed by atoms with E-state index in [9.17, 15) is 4.79 Å². The van der Waals surface area contributed by atoms with E-state index in [2.05, 4.69) is 5.10 Å². The van der Waals surface area contributed by atoms with Crippen LogP contribution < -0.4 is 0 Å². The van der Waals surface area contributed by atoms with Gasteiger partial charge in [0.2, 0.25) is 0 Å². The van der Waals surface area contributed by atoms with E-state index < -0.39 is 5.97 Å². The second-order valence-electron chi connectivity index (χ2n) is 4.08. The Labute approximate surface area is 82.5 Å². The van der Waals surface area contributed by atoms with E-state index in [1.165, 1.54) is 0 Å². The Bertz CT molecular complexity index is 353. The van der Waals surface area contributed by atoms with Gasteiger partial charge in [-0.1, -0.05) is 6.42 Å². The van der Waals surface area contributed by atoms with Gasteiger partial charge in [-0.3, -0.25) is 9.48 Å². The van der Waals surface area contributed by atoms with Gasteiger partial charge in [0, 0.05) is 18.7 Å². The van der Waals surface area contributed by atoms with Crippen LogP contribution in [0.5, 0.6) is 0 Å². The van der Waals surface area contributed by atoms with Gasteiger partial charge in [0.05, 0.1) is 12.1 Å². The first-order chi connectivity index (χ1) is 6.62. The van der Waals surface area contributed by atoms with Crippen molar-refractivity contribution in [3.63, 3.8) is 0 Å². The molecule has 4 heteroatoms. The molecule has 1 aromatic heterocycles. The molecule has 1 aliphatic carbocycles. The average Bonchev–Trinajstić information content (AvgIpc) is 2.44. The fraction of sp³-hybridized carbons (Fsp3) is 0.600. The molecule has 0 bridgehead atoms. The van der Waals surface area contributed by atoms with Crippen molar-refractivity contribution >= 4 is 5.97 Å². The SMILES string of the molecule is Cn1ccc(C2(CC(=O)O)CCC2)n1. The predicted octanol–water partition coefficient (Wildman–Crippen LogP) is 1.32. The zero-order chi connectivity index (χ0) is 10.2. The van der Waals surface area contributed by atoms with Crippen molar-refractivity contribution < 1.29 is 9.90 Å². The van der Waals surface area contributed by atoms with Crippen LogP contribution in [0.3, 0.4) is 0 Å². The van der Waals surface area contributed by atoms with Crippen LogP contribution in [0.2, 0.25) is 0 Å². The monoisotopic (exact) mass is 194 g/mol. The first-order valence-electron chi connectivity index (χ1n) is 4.84. The van der Waals surface area contributed by atoms with Gasteiger partial charge in [-0.05, 0) is 18.9 Å². The number of carboxylic acid groups (broad SMARTS) is 1. The summed E-state index contributed by atoms with van der Waals surface area (Å²) in [5.74, 6) is -0.727. The first kappa shape index (κ1) is 9.24. The minimum Gasteiger partial charge on any atom is -0.481 e. The molecule has 0 saturated heterocycles. The number of aryl methyl sites for hydroxylation is 1. The molecule has 0 amide bonds. The summed E-state index contributed by atoms with van der Waals surface area (Å²) in [6, 6.07) is 1.93. The van der Waals surface area contributed by atoms with Crippen LogP contribution in [0.15, 0.2) is 12.3 Å². The van der Waals surface area contributed by atoms with Gasteiger partial charge in [-0.15, -0.1) is 0 Å². The van der Waals surface area contributed by atoms with Crippen molar-refractivity contribution in [2.45, 2.75) is 31.1 Å². The second-order valence-corrected chi connectivity index (χ2v) is 4.08. The molecule has 1 aliphatic rings. The maximum atomic E-state index is 10.8. The predicted molar refractivity (Wildman–Crippen MR) is 51.0 cm³/mol. The lowest BCUT2D eigenvalue weighted by molar-refractivity contribution is -0.139. The highest BCUT2D eigenvalue weighted by Crippen LogP contribution is 2.45. The molecule has 0 radical (unpaired) electrons. The van der Waals surface area contributed by atoms with Crippen molar-refractivity contribution in [2.24, 2.45) is 7.05 Å². The normalized spacial score (nSPS) is 18.9. The first-order valence-corrected chi connectivity index (χ1v) is 4.84. The van der Waals surface area contributed by atoms with Crippen LogP contribution in [-0.2, 0) is 17.3 Å². The van der Waals surface area contributed by atoms with Gasteiger partial charge >= 0.3 is 5.97 Å². The Kier molecular flexibility index (Phi) is 2.06. The van der Waals surface area contributed by atoms with Crippen LogP contribution in [-0.4, -0.2) is 20.9 Å². The van der Waals surface area contributed by atoms with Crippen LogP contribution in [0, 0.1) is 0 Å². The minimum atomic E-state index is -0.727. The van der Waals surface area contributed by atoms with Crippen LogP contribution in [0.4, 0.5) is 0 Å². The van der Waals surface area contributed by atoms with E-state index in [1.54, 1.807) is 4.68 Å². The zero-order valence-corrected chi connectivity index (χ0v) is 8.23. The molecule has 14 heavy (non-hydrogen) atoms. The summed E-state index contributed by atoms with van der Waals surface area (Å²) in [6.45, 7) is 0. The molecular weight excluding hydrogens is 180 g/mol. The molecule has 1 aromatic rings. The molecule has 1 N–H and O–H groups in total. The third kappa shape index (κ3) is 1.41. The van der Waals surface area contributed by atoms with Gasteiger partial charge in [0.25, 0.3) is 0 Å². The molecule has 0 unspecified atom stereocenters. The largest absolute Gasteiger partial charge is 0.481 e. The van der Waals surface area contributed by atoms with Crippen molar-refractivity contribution in [1.29, 1.82) is 0 Å². The number of carbonyl (C=O) groups is 1. The highest BCUT2D eigenvalue weighted by Gasteiger charge is 2.42. The number of carboxylic acids is 1. The summed E-state index contributed by atoms with van der Waals surface area (Å²) in [4.78, 5) is 10.8. The summed E-state index contributed by atoms with van der Waals surface area (Å²) in [6.07, 6.45) is 5.11. The molecule has 2 rings (SSSR count). The third-order valence-electron chi connectivity index (χ3n) is 3.06. The van der Waals surface area contributed by atoms with Crippen LogP contribution >= 0.6 is 0 Å². The van der Waals surface area contributed by atoms with Crippen molar-refractivity contribution in [3.8, 4) is 0 Å². The Hall–Kier alpha value is -1.32. The van der Waals surface area contributed by atoms with Crippen molar-refractivity contribution in [1.82, 2.24) is 9.78 Å². The Morgan fingerprint density at radius 3 is 2.79 bits per heavy atom. The summed E-state index contributed by atoms with van der Waals surface area (Å²) >= 11 is 0. The average molecular weight is 194 g/mol. The summed E-state index contributed by atoms with van der Waals surface area (Å²) in [5, 5.41) is 13.2. The molecule has 1 heterocycles. The molecule has 1 fully saturated rings. The number of aliphatic carboxylic acids is 1. The highest BCUT2D eigenvalue weighted by atomic mass is 16.4. The lowest BCUT2D eigenvalue weighted by atomic mass is 9.64. The summed E-state index contributed by atoms with van der Waals surface area (Å²) in [7, 11) is 1.86. The highest BCUT2D eigenvalue weighted by molar-refractivity contribution is 5.69. The quantitative estimate of drug-likeness (QED) is 0.789. The van der Waals surface area contributed by atoms with Crippen molar-refractivity contribution in [2.75, 3.05) is 0 Å². The van der Waals surface area contributed by atoms with E-state index >= 15 is 0 Å².